The van der Waals surface area contributed by atoms with Crippen LogP contribution in [0.1, 0.15) is 5.56 Å². The fourth-order valence-corrected chi connectivity index (χ4v) is 1.59. The summed E-state index contributed by atoms with van der Waals surface area (Å²) in [4.78, 5) is 11.4. The van der Waals surface area contributed by atoms with Crippen molar-refractivity contribution in [2.24, 2.45) is 0 Å². The highest BCUT2D eigenvalue weighted by Gasteiger charge is 2.04. The number of hydrogen-bond donors (Lipinski definition) is 0. The quantitative estimate of drug-likeness (QED) is 0.842. The van der Waals surface area contributed by atoms with Crippen molar-refractivity contribution < 1.29 is 9.13 Å². The van der Waals surface area contributed by atoms with E-state index >= 15 is 0 Å². The monoisotopic (exact) mass is 258 g/mol. The first-order valence-corrected chi connectivity index (χ1v) is 5.68. The Bertz CT molecular complexity index is 674. The lowest BCUT2D eigenvalue weighted by molar-refractivity contribution is 0.282. The van der Waals surface area contributed by atoms with E-state index in [0.29, 0.717) is 6.54 Å². The third-order valence-electron chi connectivity index (χ3n) is 2.55. The smallest absolute Gasteiger partial charge is 0.250 e. The summed E-state index contributed by atoms with van der Waals surface area (Å²) in [7, 11) is 0. The maximum atomic E-state index is 13.5. The van der Waals surface area contributed by atoms with E-state index in [1.54, 1.807) is 18.3 Å². The Balaban J connectivity index is 1.99. The molecule has 0 saturated carbocycles. The van der Waals surface area contributed by atoms with Gasteiger partial charge >= 0.3 is 0 Å². The van der Waals surface area contributed by atoms with Gasteiger partial charge in [0.25, 0.3) is 5.56 Å². The van der Waals surface area contributed by atoms with Gasteiger partial charge in [0, 0.05) is 12.3 Å². The molecule has 96 valence electrons. The highest BCUT2D eigenvalue weighted by atomic mass is 19.1. The minimum atomic E-state index is -0.584. The third-order valence-corrected chi connectivity index (χ3v) is 2.55. The number of hydrogen-bond acceptors (Lipinski definition) is 3. The zero-order valence-corrected chi connectivity index (χ0v) is 10.0. The molecular formula is C14H11FN2O2. The number of pyridine rings is 1. The number of nitriles is 1. The van der Waals surface area contributed by atoms with Crippen LogP contribution in [0, 0.1) is 17.1 Å². The second kappa shape index (κ2) is 5.83. The minimum absolute atomic E-state index is 0.0722. The van der Waals surface area contributed by atoms with Crippen LogP contribution in [-0.2, 0) is 6.54 Å². The van der Waals surface area contributed by atoms with Crippen LogP contribution in [0.2, 0.25) is 0 Å². The molecule has 0 bridgehead atoms. The molecule has 0 saturated heterocycles. The van der Waals surface area contributed by atoms with Crippen LogP contribution in [0.15, 0.2) is 47.4 Å². The largest absolute Gasteiger partial charge is 0.489 e. The topological polar surface area (TPSA) is 55.0 Å². The van der Waals surface area contributed by atoms with E-state index in [1.807, 2.05) is 6.07 Å². The molecule has 0 aliphatic heterocycles. The van der Waals surface area contributed by atoms with Gasteiger partial charge in [0.15, 0.2) is 11.6 Å². The average molecular weight is 258 g/mol. The zero-order chi connectivity index (χ0) is 13.7. The number of aromatic nitrogens is 1. The molecule has 19 heavy (non-hydrogen) atoms. The van der Waals surface area contributed by atoms with Crippen LogP contribution in [0.4, 0.5) is 4.39 Å². The summed E-state index contributed by atoms with van der Waals surface area (Å²) < 4.78 is 20.2. The fourth-order valence-electron chi connectivity index (χ4n) is 1.59. The van der Waals surface area contributed by atoms with E-state index < -0.39 is 5.82 Å². The standard InChI is InChI=1S/C14H11FN2O2/c15-12-9-11(10-16)4-5-13(12)19-8-7-17-6-2-1-3-14(17)18/h1-6,9H,7-8H2. The zero-order valence-electron chi connectivity index (χ0n) is 10.0. The molecular weight excluding hydrogens is 247 g/mol. The van der Waals surface area contributed by atoms with Gasteiger partial charge in [0.05, 0.1) is 18.2 Å². The van der Waals surface area contributed by atoms with Crippen molar-refractivity contribution in [2.75, 3.05) is 6.61 Å². The third kappa shape index (κ3) is 3.19. The molecule has 0 unspecified atom stereocenters. The van der Waals surface area contributed by atoms with Gasteiger partial charge in [0.2, 0.25) is 0 Å². The molecule has 1 aromatic carbocycles. The van der Waals surface area contributed by atoms with Crippen LogP contribution in [0.5, 0.6) is 5.75 Å². The van der Waals surface area contributed by atoms with Gasteiger partial charge in [-0.05, 0) is 24.3 Å². The van der Waals surface area contributed by atoms with Crippen molar-refractivity contribution in [3.8, 4) is 11.8 Å². The molecule has 2 rings (SSSR count). The number of halogens is 1. The molecule has 1 aromatic heterocycles. The van der Waals surface area contributed by atoms with E-state index in [-0.39, 0.29) is 23.5 Å². The van der Waals surface area contributed by atoms with Crippen molar-refractivity contribution in [2.45, 2.75) is 6.54 Å². The van der Waals surface area contributed by atoms with Gasteiger partial charge in [-0.15, -0.1) is 0 Å². The maximum Gasteiger partial charge on any atom is 0.250 e. The number of nitrogens with zero attached hydrogens (tertiary/aromatic N) is 2. The van der Waals surface area contributed by atoms with E-state index in [2.05, 4.69) is 0 Å². The molecule has 5 heteroatoms. The van der Waals surface area contributed by atoms with Gasteiger partial charge in [-0.2, -0.15) is 5.26 Å². The summed E-state index contributed by atoms with van der Waals surface area (Å²) >= 11 is 0. The van der Waals surface area contributed by atoms with Crippen molar-refractivity contribution in [3.63, 3.8) is 0 Å². The second-order valence-electron chi connectivity index (χ2n) is 3.84. The summed E-state index contributed by atoms with van der Waals surface area (Å²) in [5, 5.41) is 8.61. The summed E-state index contributed by atoms with van der Waals surface area (Å²) in [5.74, 6) is -0.512. The van der Waals surface area contributed by atoms with Crippen LogP contribution >= 0.6 is 0 Å². The lowest BCUT2D eigenvalue weighted by Gasteiger charge is -2.08. The molecule has 0 radical (unpaired) electrons. The first-order chi connectivity index (χ1) is 9.20. The van der Waals surface area contributed by atoms with Gasteiger partial charge < -0.3 is 9.30 Å². The van der Waals surface area contributed by atoms with E-state index in [1.165, 1.54) is 22.8 Å². The highest BCUT2D eigenvalue weighted by molar-refractivity contribution is 5.35. The normalized spacial score (nSPS) is 9.89. The molecule has 0 atom stereocenters. The van der Waals surface area contributed by atoms with Crippen molar-refractivity contribution in [1.82, 2.24) is 4.57 Å². The summed E-state index contributed by atoms with van der Waals surface area (Å²) in [6.07, 6.45) is 1.64. The molecule has 0 amide bonds. The molecule has 1 heterocycles. The van der Waals surface area contributed by atoms with Gasteiger partial charge in [-0.1, -0.05) is 6.07 Å². The lowest BCUT2D eigenvalue weighted by atomic mass is 10.2. The molecule has 0 N–H and O–H groups in total. The molecule has 0 aliphatic rings. The lowest BCUT2D eigenvalue weighted by Crippen LogP contribution is -2.21. The van der Waals surface area contributed by atoms with E-state index in [0.717, 1.165) is 6.07 Å². The Hall–Kier alpha value is -2.61. The Morgan fingerprint density at radius 1 is 1.32 bits per heavy atom. The van der Waals surface area contributed by atoms with E-state index in [9.17, 15) is 9.18 Å². The van der Waals surface area contributed by atoms with Crippen LogP contribution in [0.3, 0.4) is 0 Å². The Labute approximate surface area is 109 Å². The SMILES string of the molecule is N#Cc1ccc(OCCn2ccccc2=O)c(F)c1. The van der Waals surface area contributed by atoms with Crippen LogP contribution in [-0.4, -0.2) is 11.2 Å². The Morgan fingerprint density at radius 2 is 2.16 bits per heavy atom. The first-order valence-electron chi connectivity index (χ1n) is 5.68. The predicted octanol–water partition coefficient (Wildman–Crippen LogP) is 1.94. The molecule has 2 aromatic rings. The van der Waals surface area contributed by atoms with E-state index in [4.69, 9.17) is 10.00 Å². The number of benzene rings is 1. The molecule has 4 nitrogen and oxygen atoms in total. The highest BCUT2D eigenvalue weighted by Crippen LogP contribution is 2.17. The number of rotatable bonds is 4. The Morgan fingerprint density at radius 3 is 2.84 bits per heavy atom. The summed E-state index contributed by atoms with van der Waals surface area (Å²) in [6, 6.07) is 10.7. The second-order valence-corrected chi connectivity index (χ2v) is 3.84. The number of ether oxygens (including phenoxy) is 1. The average Bonchev–Trinajstić information content (AvgIpc) is 2.42. The molecule has 0 fully saturated rings. The summed E-state index contributed by atoms with van der Waals surface area (Å²) in [5.41, 5.74) is 0.107. The maximum absolute atomic E-state index is 13.5. The summed E-state index contributed by atoms with van der Waals surface area (Å²) in [6.45, 7) is 0.506. The van der Waals surface area contributed by atoms with Gasteiger partial charge in [0.1, 0.15) is 6.61 Å². The predicted molar refractivity (Wildman–Crippen MR) is 67.3 cm³/mol. The van der Waals surface area contributed by atoms with Crippen LogP contribution in [0.25, 0.3) is 0 Å². The van der Waals surface area contributed by atoms with Crippen molar-refractivity contribution >= 4 is 0 Å². The van der Waals surface area contributed by atoms with Crippen molar-refractivity contribution in [1.29, 1.82) is 5.26 Å². The van der Waals surface area contributed by atoms with Gasteiger partial charge in [-0.25, -0.2) is 4.39 Å². The minimum Gasteiger partial charge on any atom is -0.489 e. The molecule has 0 spiro atoms. The van der Waals surface area contributed by atoms with Crippen molar-refractivity contribution in [3.05, 3.63) is 64.3 Å². The fraction of sp³-hybridized carbons (Fsp3) is 0.143. The van der Waals surface area contributed by atoms with Crippen LogP contribution < -0.4 is 10.3 Å². The van der Waals surface area contributed by atoms with Gasteiger partial charge in [-0.3, -0.25) is 4.79 Å². The first kappa shape index (κ1) is 12.8. The molecule has 0 aliphatic carbocycles. The Kier molecular flexibility index (Phi) is 3.94.